The number of hydrogen-bond donors (Lipinski definition) is 1. The molecule has 0 fully saturated rings. The number of fused-ring (bicyclic) bond motifs is 2. The molecule has 0 radical (unpaired) electrons. The van der Waals surface area contributed by atoms with Crippen molar-refractivity contribution in [1.29, 1.82) is 0 Å². The molecule has 0 aliphatic carbocycles. The second kappa shape index (κ2) is 8.91. The van der Waals surface area contributed by atoms with Crippen LogP contribution in [0.1, 0.15) is 16.7 Å². The van der Waals surface area contributed by atoms with Gasteiger partial charge in [-0.3, -0.25) is 4.79 Å². The van der Waals surface area contributed by atoms with Crippen LogP contribution in [0.4, 0.5) is 0 Å². The fourth-order valence-electron chi connectivity index (χ4n) is 4.12. The number of aromatic nitrogens is 2. The first-order valence-electron chi connectivity index (χ1n) is 10.7. The zero-order valence-corrected chi connectivity index (χ0v) is 18.2. The molecule has 5 rings (SSSR count). The number of hydrogen-bond acceptors (Lipinski definition) is 7. The van der Waals surface area contributed by atoms with Crippen LogP contribution in [0.15, 0.2) is 66.0 Å². The minimum atomic E-state index is -0.713. The Balaban J connectivity index is 1.49. The van der Waals surface area contributed by atoms with Gasteiger partial charge in [-0.25, -0.2) is 9.78 Å². The molecule has 2 aliphatic rings. The van der Waals surface area contributed by atoms with Crippen molar-refractivity contribution >= 4 is 28.9 Å². The quantitative estimate of drug-likeness (QED) is 0.270. The molecule has 2 aliphatic heterocycles. The van der Waals surface area contributed by atoms with E-state index >= 15 is 0 Å². The van der Waals surface area contributed by atoms with Crippen molar-refractivity contribution in [3.8, 4) is 0 Å². The van der Waals surface area contributed by atoms with E-state index in [0.29, 0.717) is 18.7 Å². The van der Waals surface area contributed by atoms with Crippen LogP contribution in [0.25, 0.3) is 17.1 Å². The van der Waals surface area contributed by atoms with Crippen LogP contribution < -0.4 is 0 Å². The number of H-pyrrole nitrogens is 1. The highest BCUT2D eigenvalue weighted by atomic mass is 16.6. The Hall–Kier alpha value is -3.91. The number of ketones is 1. The largest absolute Gasteiger partial charge is 0.459 e. The van der Waals surface area contributed by atoms with Crippen LogP contribution in [0.3, 0.4) is 0 Å². The number of aromatic amines is 1. The first-order valence-corrected chi connectivity index (χ1v) is 10.7. The lowest BCUT2D eigenvalue weighted by Crippen LogP contribution is -2.31. The molecule has 4 heterocycles. The Morgan fingerprint density at radius 3 is 2.91 bits per heavy atom. The predicted molar refractivity (Wildman–Crippen MR) is 121 cm³/mol. The van der Waals surface area contributed by atoms with Gasteiger partial charge in [0.25, 0.3) is 0 Å². The normalized spacial score (nSPS) is 16.9. The van der Waals surface area contributed by atoms with E-state index in [-0.39, 0.29) is 30.4 Å². The first-order chi connectivity index (χ1) is 16.2. The second-order valence-corrected chi connectivity index (χ2v) is 7.83. The van der Waals surface area contributed by atoms with Crippen molar-refractivity contribution < 1.29 is 23.8 Å². The number of Topliss-reactive ketones (excluding diaryl/α,β-unsaturated/α-hetero) is 1. The van der Waals surface area contributed by atoms with Gasteiger partial charge in [0.2, 0.25) is 11.7 Å². The van der Waals surface area contributed by atoms with E-state index in [9.17, 15) is 9.59 Å². The Morgan fingerprint density at radius 2 is 2.06 bits per heavy atom. The summed E-state index contributed by atoms with van der Waals surface area (Å²) in [6, 6.07) is 11.9. The summed E-state index contributed by atoms with van der Waals surface area (Å²) in [7, 11) is 1.52. The SMILES string of the molecule is COCCOC(=O)C1=C(N2CCc3ccccc3C2)OC(=Cc2c[nH]c3ncccc23)C1=O. The number of rotatable bonds is 6. The third kappa shape index (κ3) is 4.01. The molecule has 168 valence electrons. The number of ether oxygens (including phenoxy) is 3. The summed E-state index contributed by atoms with van der Waals surface area (Å²) < 4.78 is 16.3. The van der Waals surface area contributed by atoms with Gasteiger partial charge in [-0.2, -0.15) is 0 Å². The van der Waals surface area contributed by atoms with E-state index in [1.54, 1.807) is 18.5 Å². The molecule has 0 unspecified atom stereocenters. The van der Waals surface area contributed by atoms with E-state index in [1.165, 1.54) is 12.7 Å². The number of nitrogens with zero attached hydrogens (tertiary/aromatic N) is 2. The van der Waals surface area contributed by atoms with Crippen molar-refractivity contribution in [3.63, 3.8) is 0 Å². The molecule has 33 heavy (non-hydrogen) atoms. The number of methoxy groups -OCH3 is 1. The minimum absolute atomic E-state index is 0.0510. The van der Waals surface area contributed by atoms with Gasteiger partial charge in [-0.15, -0.1) is 0 Å². The Morgan fingerprint density at radius 1 is 1.21 bits per heavy atom. The third-order valence-electron chi connectivity index (χ3n) is 5.78. The van der Waals surface area contributed by atoms with E-state index in [2.05, 4.69) is 16.0 Å². The lowest BCUT2D eigenvalue weighted by molar-refractivity contribution is -0.141. The number of pyridine rings is 1. The maximum Gasteiger partial charge on any atom is 0.347 e. The van der Waals surface area contributed by atoms with Gasteiger partial charge in [0, 0.05) is 43.5 Å². The summed E-state index contributed by atoms with van der Waals surface area (Å²) in [6.07, 6.45) is 5.87. The Bertz CT molecular complexity index is 1290. The van der Waals surface area contributed by atoms with Crippen LogP contribution in [0.5, 0.6) is 0 Å². The molecule has 2 aromatic heterocycles. The number of carbonyl (C=O) groups is 2. The molecule has 1 aromatic carbocycles. The molecular weight excluding hydrogens is 422 g/mol. The first kappa shape index (κ1) is 21.0. The van der Waals surface area contributed by atoms with Gasteiger partial charge in [0.05, 0.1) is 6.61 Å². The minimum Gasteiger partial charge on any atom is -0.459 e. The zero-order chi connectivity index (χ0) is 22.8. The fraction of sp³-hybridized carbons (Fsp3) is 0.240. The molecular formula is C25H23N3O5. The molecule has 1 N–H and O–H groups in total. The number of carbonyl (C=O) groups excluding carboxylic acids is 2. The van der Waals surface area contributed by atoms with Crippen molar-refractivity contribution in [3.05, 3.63) is 82.7 Å². The van der Waals surface area contributed by atoms with Crippen molar-refractivity contribution in [2.75, 3.05) is 26.9 Å². The summed E-state index contributed by atoms with van der Waals surface area (Å²) in [4.78, 5) is 35.5. The van der Waals surface area contributed by atoms with Crippen LogP contribution in [0, 0.1) is 0 Å². The second-order valence-electron chi connectivity index (χ2n) is 7.83. The van der Waals surface area contributed by atoms with Crippen LogP contribution in [0.2, 0.25) is 0 Å². The summed E-state index contributed by atoms with van der Waals surface area (Å²) >= 11 is 0. The van der Waals surface area contributed by atoms with Crippen molar-refractivity contribution in [2.45, 2.75) is 13.0 Å². The summed E-state index contributed by atoms with van der Waals surface area (Å²) in [5.41, 5.74) is 3.76. The lowest BCUT2D eigenvalue weighted by Gasteiger charge is -2.30. The standard InChI is InChI=1S/C25H23N3O5/c1-31-11-12-32-25(30)21-22(29)20(13-18-14-27-23-19(18)7-4-9-26-23)33-24(21)28-10-8-16-5-2-3-6-17(16)15-28/h2-7,9,13-14H,8,10-12,15H2,1H3,(H,26,27). The molecule has 8 nitrogen and oxygen atoms in total. The third-order valence-corrected chi connectivity index (χ3v) is 5.78. The van der Waals surface area contributed by atoms with Crippen molar-refractivity contribution in [1.82, 2.24) is 14.9 Å². The molecule has 8 heteroatoms. The zero-order valence-electron chi connectivity index (χ0n) is 18.2. The average molecular weight is 445 g/mol. The smallest absolute Gasteiger partial charge is 0.347 e. The highest BCUT2D eigenvalue weighted by Crippen LogP contribution is 2.33. The predicted octanol–water partition coefficient (Wildman–Crippen LogP) is 2.96. The molecule has 0 spiro atoms. The highest BCUT2D eigenvalue weighted by molar-refractivity contribution is 6.26. The van der Waals surface area contributed by atoms with Gasteiger partial charge in [-0.1, -0.05) is 24.3 Å². The van der Waals surface area contributed by atoms with Gasteiger partial charge >= 0.3 is 5.97 Å². The van der Waals surface area contributed by atoms with Gasteiger partial charge < -0.3 is 24.1 Å². The van der Waals surface area contributed by atoms with Gasteiger partial charge in [-0.05, 0) is 35.8 Å². The summed E-state index contributed by atoms with van der Waals surface area (Å²) in [5.74, 6) is -0.896. The molecule has 0 atom stereocenters. The monoisotopic (exact) mass is 445 g/mol. The number of esters is 1. The van der Waals surface area contributed by atoms with Gasteiger partial charge in [0.1, 0.15) is 12.3 Å². The van der Waals surface area contributed by atoms with E-state index in [4.69, 9.17) is 14.2 Å². The van der Waals surface area contributed by atoms with E-state index < -0.39 is 11.8 Å². The highest BCUT2D eigenvalue weighted by Gasteiger charge is 2.40. The van der Waals surface area contributed by atoms with Crippen molar-refractivity contribution in [2.24, 2.45) is 0 Å². The number of allylic oxidation sites excluding steroid dienone is 1. The van der Waals surface area contributed by atoms with E-state index in [1.807, 2.05) is 35.2 Å². The Labute approximate surface area is 190 Å². The topological polar surface area (TPSA) is 93.8 Å². The molecule has 0 saturated carbocycles. The van der Waals surface area contributed by atoms with Crippen LogP contribution in [-0.4, -0.2) is 53.5 Å². The molecule has 0 saturated heterocycles. The number of nitrogens with one attached hydrogen (secondary N) is 1. The Kier molecular flexibility index (Phi) is 5.66. The summed E-state index contributed by atoms with van der Waals surface area (Å²) in [5, 5.41) is 0.853. The summed E-state index contributed by atoms with van der Waals surface area (Å²) in [6.45, 7) is 1.46. The fourth-order valence-corrected chi connectivity index (χ4v) is 4.12. The molecule has 0 amide bonds. The van der Waals surface area contributed by atoms with Gasteiger partial charge in [0.15, 0.2) is 11.3 Å². The van der Waals surface area contributed by atoms with Crippen LogP contribution >= 0.6 is 0 Å². The molecule has 0 bridgehead atoms. The number of benzene rings is 1. The molecule has 3 aromatic rings. The lowest BCUT2D eigenvalue weighted by atomic mass is 10.00. The maximum atomic E-state index is 13.3. The van der Waals surface area contributed by atoms with Crippen LogP contribution in [-0.2, 0) is 36.8 Å². The maximum absolute atomic E-state index is 13.3. The average Bonchev–Trinajstić information content (AvgIpc) is 3.40. The van der Waals surface area contributed by atoms with E-state index in [0.717, 1.165) is 22.9 Å².